The maximum Gasteiger partial charge on any atom is 0.338 e. The summed E-state index contributed by atoms with van der Waals surface area (Å²) in [7, 11) is 0. The summed E-state index contributed by atoms with van der Waals surface area (Å²) in [5.74, 6) is -2.20. The Balaban J connectivity index is 0.000000459. The Bertz CT molecular complexity index is 1360. The van der Waals surface area contributed by atoms with Crippen LogP contribution in [0.15, 0.2) is 60.8 Å². The fourth-order valence-electron chi connectivity index (χ4n) is 4.21. The average Bonchev–Trinajstić information content (AvgIpc) is 3.38. The third kappa shape index (κ3) is 6.68. The van der Waals surface area contributed by atoms with Crippen LogP contribution in [0.25, 0.3) is 16.6 Å². The number of nitrogens with one attached hydrogen (secondary N) is 1. The van der Waals surface area contributed by atoms with Gasteiger partial charge in [-0.15, -0.1) is 0 Å². The van der Waals surface area contributed by atoms with Crippen LogP contribution >= 0.6 is 11.6 Å². The molecule has 12 heteroatoms. The molecule has 3 aromatic rings. The SMILES string of the molecule is CCNN1C(=O)N(CC)CC1(CC)Oc1cn(-c2ccc(F)cc2)c2ccc(Cl)cc12.O=C(O)C=CC(=O)O. The number of rotatable bonds is 9. The van der Waals surface area contributed by atoms with Crippen LogP contribution in [0.3, 0.4) is 0 Å². The van der Waals surface area contributed by atoms with E-state index in [1.165, 1.54) is 12.1 Å². The molecule has 1 saturated heterocycles. The van der Waals surface area contributed by atoms with Crippen molar-refractivity contribution in [3.63, 3.8) is 0 Å². The number of ether oxygens (including phenoxy) is 1. The van der Waals surface area contributed by atoms with E-state index in [9.17, 15) is 18.8 Å². The summed E-state index contributed by atoms with van der Waals surface area (Å²) in [5.41, 5.74) is 3.98. The van der Waals surface area contributed by atoms with E-state index >= 15 is 0 Å². The van der Waals surface area contributed by atoms with E-state index in [1.54, 1.807) is 22.0 Å². The maximum atomic E-state index is 13.5. The number of carboxylic acids is 2. The number of halogens is 2. The van der Waals surface area contributed by atoms with Crippen molar-refractivity contribution in [2.75, 3.05) is 19.6 Å². The Morgan fingerprint density at radius 2 is 1.74 bits per heavy atom. The van der Waals surface area contributed by atoms with Crippen LogP contribution in [0.1, 0.15) is 27.2 Å². The molecule has 1 atom stereocenters. The molecule has 208 valence electrons. The highest BCUT2D eigenvalue weighted by Gasteiger charge is 2.51. The molecule has 39 heavy (non-hydrogen) atoms. The van der Waals surface area contributed by atoms with Crippen LogP contribution in [0.5, 0.6) is 5.75 Å². The largest absolute Gasteiger partial charge is 0.478 e. The van der Waals surface area contributed by atoms with Crippen molar-refractivity contribution in [2.24, 2.45) is 0 Å². The second kappa shape index (κ2) is 12.6. The number of hydrazine groups is 1. The predicted octanol–water partition coefficient (Wildman–Crippen LogP) is 4.90. The van der Waals surface area contributed by atoms with Crippen molar-refractivity contribution in [2.45, 2.75) is 32.9 Å². The fraction of sp³-hybridized carbons (Fsp3) is 0.296. The third-order valence-electron chi connectivity index (χ3n) is 6.06. The van der Waals surface area contributed by atoms with Gasteiger partial charge >= 0.3 is 18.0 Å². The predicted molar refractivity (Wildman–Crippen MR) is 144 cm³/mol. The van der Waals surface area contributed by atoms with Crippen LogP contribution in [0, 0.1) is 5.82 Å². The molecule has 0 bridgehead atoms. The van der Waals surface area contributed by atoms with Crippen molar-refractivity contribution < 1.29 is 33.7 Å². The van der Waals surface area contributed by atoms with Gasteiger partial charge in [0, 0.05) is 47.8 Å². The minimum atomic E-state index is -1.26. The van der Waals surface area contributed by atoms with E-state index < -0.39 is 17.7 Å². The number of benzene rings is 2. The van der Waals surface area contributed by atoms with E-state index in [1.807, 2.05) is 49.7 Å². The van der Waals surface area contributed by atoms with Crippen LogP contribution < -0.4 is 10.2 Å². The van der Waals surface area contributed by atoms with Gasteiger partial charge < -0.3 is 24.4 Å². The van der Waals surface area contributed by atoms with E-state index in [2.05, 4.69) is 5.43 Å². The Morgan fingerprint density at radius 3 is 2.28 bits per heavy atom. The summed E-state index contributed by atoms with van der Waals surface area (Å²) in [5, 5.41) is 18.6. The molecule has 1 fully saturated rings. The number of nitrogens with zero attached hydrogens (tertiary/aromatic N) is 3. The van der Waals surface area contributed by atoms with Crippen LogP contribution in [-0.4, -0.2) is 68.0 Å². The lowest BCUT2D eigenvalue weighted by atomic mass is 10.1. The second-order valence-corrected chi connectivity index (χ2v) is 8.99. The molecular formula is C27H30ClFN4O6. The molecule has 1 aliphatic rings. The quantitative estimate of drug-likeness (QED) is 0.318. The van der Waals surface area contributed by atoms with Gasteiger partial charge in [-0.1, -0.05) is 25.4 Å². The first kappa shape index (κ1) is 29.5. The Morgan fingerprint density at radius 1 is 1.10 bits per heavy atom. The van der Waals surface area contributed by atoms with Gasteiger partial charge in [-0.3, -0.25) is 0 Å². The highest BCUT2D eigenvalue weighted by molar-refractivity contribution is 6.31. The Kier molecular flexibility index (Phi) is 9.55. The number of aliphatic carboxylic acids is 2. The van der Waals surface area contributed by atoms with E-state index in [0.29, 0.717) is 49.0 Å². The van der Waals surface area contributed by atoms with Gasteiger partial charge in [0.25, 0.3) is 0 Å². The lowest BCUT2D eigenvalue weighted by molar-refractivity contribution is -0.134. The minimum Gasteiger partial charge on any atom is -0.478 e. The van der Waals surface area contributed by atoms with Gasteiger partial charge in [0.15, 0.2) is 0 Å². The molecule has 0 radical (unpaired) electrons. The molecule has 2 heterocycles. The van der Waals surface area contributed by atoms with Crippen LogP contribution in [0.4, 0.5) is 9.18 Å². The van der Waals surface area contributed by atoms with Crippen molar-refractivity contribution in [1.82, 2.24) is 19.9 Å². The van der Waals surface area contributed by atoms with Crippen molar-refractivity contribution in [1.29, 1.82) is 0 Å². The van der Waals surface area contributed by atoms with E-state index in [0.717, 1.165) is 16.6 Å². The van der Waals surface area contributed by atoms with Gasteiger partial charge in [-0.2, -0.15) is 0 Å². The number of hydrogen-bond donors (Lipinski definition) is 3. The molecular weight excluding hydrogens is 531 g/mol. The Labute approximate surface area is 229 Å². The molecule has 0 spiro atoms. The summed E-state index contributed by atoms with van der Waals surface area (Å²) in [6.45, 7) is 7.53. The maximum absolute atomic E-state index is 13.5. The molecule has 1 aliphatic heterocycles. The summed E-state index contributed by atoms with van der Waals surface area (Å²) >= 11 is 6.30. The molecule has 2 aromatic carbocycles. The van der Waals surface area contributed by atoms with Gasteiger partial charge in [0.2, 0.25) is 5.72 Å². The normalized spacial score (nSPS) is 17.0. The molecule has 1 unspecified atom stereocenters. The third-order valence-corrected chi connectivity index (χ3v) is 6.30. The zero-order valence-electron chi connectivity index (χ0n) is 21.7. The lowest BCUT2D eigenvalue weighted by Gasteiger charge is -2.36. The standard InChI is InChI=1S/C23H26ClFN4O2.C4H4O4/c1-4-23(15-27(6-3)22(30)29(23)26-5-2)31-21-14-28(18-10-8-17(25)9-11-18)20-12-7-16(24)13-19(20)21;5-3(6)1-2-4(7)8/h7-14,26H,4-6,15H2,1-3H3;1-2H,(H,5,6)(H,7,8). The van der Waals surface area contributed by atoms with Gasteiger partial charge in [-0.25, -0.2) is 29.2 Å². The first-order chi connectivity index (χ1) is 18.5. The molecule has 0 aliphatic carbocycles. The summed E-state index contributed by atoms with van der Waals surface area (Å²) < 4.78 is 22.0. The molecule has 10 nitrogen and oxygen atoms in total. The smallest absolute Gasteiger partial charge is 0.338 e. The second-order valence-electron chi connectivity index (χ2n) is 8.56. The molecule has 3 N–H and O–H groups in total. The summed E-state index contributed by atoms with van der Waals surface area (Å²) in [4.78, 5) is 33.8. The van der Waals surface area contributed by atoms with E-state index in [-0.39, 0.29) is 11.8 Å². The number of carboxylic acid groups (broad SMARTS) is 2. The van der Waals surface area contributed by atoms with Gasteiger partial charge in [-0.05, 0) is 49.4 Å². The fourth-order valence-corrected chi connectivity index (χ4v) is 4.38. The minimum absolute atomic E-state index is 0.105. The highest BCUT2D eigenvalue weighted by Crippen LogP contribution is 2.38. The lowest BCUT2D eigenvalue weighted by Crippen LogP contribution is -2.57. The number of aromatic nitrogens is 1. The number of carbonyl (C=O) groups is 3. The highest BCUT2D eigenvalue weighted by atomic mass is 35.5. The molecule has 0 saturated carbocycles. The van der Waals surface area contributed by atoms with Crippen molar-refractivity contribution >= 4 is 40.5 Å². The summed E-state index contributed by atoms with van der Waals surface area (Å²) in [6, 6.07) is 11.7. The zero-order chi connectivity index (χ0) is 28.7. The van der Waals surface area contributed by atoms with Crippen LogP contribution in [0.2, 0.25) is 5.02 Å². The summed E-state index contributed by atoms with van der Waals surface area (Å²) in [6.07, 6.45) is 3.57. The number of urea groups is 1. The Hall–Kier alpha value is -4.09. The van der Waals surface area contributed by atoms with Crippen molar-refractivity contribution in [3.8, 4) is 11.4 Å². The molecule has 2 amide bonds. The first-order valence-corrected chi connectivity index (χ1v) is 12.6. The number of fused-ring (bicyclic) bond motifs is 1. The number of amides is 2. The number of carbonyl (C=O) groups excluding carboxylic acids is 1. The molecule has 4 rings (SSSR count). The number of hydrogen-bond acceptors (Lipinski definition) is 5. The van der Waals surface area contributed by atoms with Gasteiger partial charge in [0.05, 0.1) is 18.3 Å². The van der Waals surface area contributed by atoms with Gasteiger partial charge in [0.1, 0.15) is 11.6 Å². The van der Waals surface area contributed by atoms with Crippen LogP contribution in [-0.2, 0) is 9.59 Å². The topological polar surface area (TPSA) is 124 Å². The molecule has 1 aromatic heterocycles. The van der Waals surface area contributed by atoms with E-state index in [4.69, 9.17) is 26.6 Å². The average molecular weight is 561 g/mol. The first-order valence-electron chi connectivity index (χ1n) is 12.3. The zero-order valence-corrected chi connectivity index (χ0v) is 22.5. The van der Waals surface area contributed by atoms with Crippen molar-refractivity contribution in [3.05, 3.63) is 71.7 Å². The number of likely N-dealkylation sites (N-methyl/N-ethyl adjacent to an activating group) is 1. The monoisotopic (exact) mass is 560 g/mol.